The van der Waals surface area contributed by atoms with Crippen molar-refractivity contribution in [2.75, 3.05) is 39.8 Å². The zero-order chi connectivity index (χ0) is 20.6. The maximum atomic E-state index is 5.53. The molecule has 1 saturated heterocycles. The first kappa shape index (κ1) is 21.4. The van der Waals surface area contributed by atoms with Crippen LogP contribution in [0.2, 0.25) is 0 Å². The van der Waals surface area contributed by atoms with Crippen LogP contribution in [0.15, 0.2) is 54.6 Å². The van der Waals surface area contributed by atoms with Gasteiger partial charge in [0.05, 0.1) is 7.11 Å². The van der Waals surface area contributed by atoms with E-state index in [2.05, 4.69) is 64.4 Å². The lowest BCUT2D eigenvalue weighted by atomic mass is 9.75. The smallest absolute Gasteiger partial charge is 0.119 e. The highest BCUT2D eigenvalue weighted by molar-refractivity contribution is 5.31. The van der Waals surface area contributed by atoms with Gasteiger partial charge in [-0.3, -0.25) is 4.90 Å². The predicted molar refractivity (Wildman–Crippen MR) is 125 cm³/mol. The number of rotatable bonds is 8. The Morgan fingerprint density at radius 1 is 0.867 bits per heavy atom. The zero-order valence-corrected chi connectivity index (χ0v) is 18.6. The SMILES string of the molecule is COc1cccc(C(CCN2CCN(Cc3ccccc3)CC2)C2CCCCC2)c1. The molecule has 3 heteroatoms. The largest absolute Gasteiger partial charge is 0.497 e. The zero-order valence-electron chi connectivity index (χ0n) is 18.6. The molecule has 0 aromatic heterocycles. The molecular weight excluding hydrogens is 368 g/mol. The first-order chi connectivity index (χ1) is 14.8. The third-order valence-corrected chi connectivity index (χ3v) is 7.21. The Balaban J connectivity index is 1.32. The van der Waals surface area contributed by atoms with E-state index in [0.717, 1.165) is 18.2 Å². The Morgan fingerprint density at radius 3 is 2.33 bits per heavy atom. The third kappa shape index (κ3) is 5.86. The van der Waals surface area contributed by atoms with Gasteiger partial charge >= 0.3 is 0 Å². The van der Waals surface area contributed by atoms with Gasteiger partial charge in [-0.15, -0.1) is 0 Å². The molecule has 1 aliphatic carbocycles. The molecule has 3 nitrogen and oxygen atoms in total. The summed E-state index contributed by atoms with van der Waals surface area (Å²) >= 11 is 0. The Kier molecular flexibility index (Phi) is 7.82. The number of benzene rings is 2. The summed E-state index contributed by atoms with van der Waals surface area (Å²) in [6.45, 7) is 7.07. The van der Waals surface area contributed by atoms with Crippen molar-refractivity contribution in [3.63, 3.8) is 0 Å². The van der Waals surface area contributed by atoms with Crippen molar-refractivity contribution in [2.24, 2.45) is 5.92 Å². The number of piperazine rings is 1. The maximum absolute atomic E-state index is 5.53. The normalized spacial score (nSPS) is 20.2. The number of ether oxygens (including phenoxy) is 1. The maximum Gasteiger partial charge on any atom is 0.119 e. The molecule has 30 heavy (non-hydrogen) atoms. The van der Waals surface area contributed by atoms with E-state index in [9.17, 15) is 0 Å². The summed E-state index contributed by atoms with van der Waals surface area (Å²) < 4.78 is 5.53. The van der Waals surface area contributed by atoms with E-state index in [0.29, 0.717) is 5.92 Å². The highest BCUT2D eigenvalue weighted by Crippen LogP contribution is 2.39. The van der Waals surface area contributed by atoms with Crippen LogP contribution in [0.3, 0.4) is 0 Å². The molecular formula is C27H38N2O. The summed E-state index contributed by atoms with van der Waals surface area (Å²) in [5.41, 5.74) is 2.92. The van der Waals surface area contributed by atoms with E-state index in [1.165, 1.54) is 82.4 Å². The molecule has 1 aliphatic heterocycles. The minimum Gasteiger partial charge on any atom is -0.497 e. The first-order valence-electron chi connectivity index (χ1n) is 11.9. The summed E-state index contributed by atoms with van der Waals surface area (Å²) in [5, 5.41) is 0. The van der Waals surface area contributed by atoms with Crippen molar-refractivity contribution in [2.45, 2.75) is 51.0 Å². The molecule has 0 spiro atoms. The third-order valence-electron chi connectivity index (χ3n) is 7.21. The van der Waals surface area contributed by atoms with E-state index in [-0.39, 0.29) is 0 Å². The van der Waals surface area contributed by atoms with Gasteiger partial charge in [0.2, 0.25) is 0 Å². The summed E-state index contributed by atoms with van der Waals surface area (Å²) in [6, 6.07) is 19.8. The Labute approximate surface area is 183 Å². The standard InChI is InChI=1S/C27H38N2O/c1-30-26-14-8-13-25(21-26)27(24-11-6-3-7-12-24)15-16-28-17-19-29(20-18-28)22-23-9-4-2-5-10-23/h2,4-5,8-10,13-14,21,24,27H,3,6-7,11-12,15-20,22H2,1H3. The van der Waals surface area contributed by atoms with E-state index in [1.54, 1.807) is 7.11 Å². The molecule has 2 aromatic carbocycles. The van der Waals surface area contributed by atoms with Crippen LogP contribution in [-0.4, -0.2) is 49.6 Å². The summed E-state index contributed by atoms with van der Waals surface area (Å²) in [5.74, 6) is 2.51. The highest BCUT2D eigenvalue weighted by atomic mass is 16.5. The van der Waals surface area contributed by atoms with Crippen molar-refractivity contribution in [1.82, 2.24) is 9.80 Å². The van der Waals surface area contributed by atoms with Crippen LogP contribution in [-0.2, 0) is 6.54 Å². The number of hydrogen-bond acceptors (Lipinski definition) is 3. The molecule has 0 N–H and O–H groups in total. The second-order valence-electron chi connectivity index (χ2n) is 9.17. The molecule has 2 aromatic rings. The van der Waals surface area contributed by atoms with Gasteiger partial charge < -0.3 is 9.64 Å². The van der Waals surface area contributed by atoms with E-state index >= 15 is 0 Å². The van der Waals surface area contributed by atoms with Gasteiger partial charge in [-0.05, 0) is 60.9 Å². The monoisotopic (exact) mass is 406 g/mol. The van der Waals surface area contributed by atoms with Gasteiger partial charge in [0, 0.05) is 32.7 Å². The van der Waals surface area contributed by atoms with E-state index in [1.807, 2.05) is 0 Å². The van der Waals surface area contributed by atoms with Gasteiger partial charge in [-0.2, -0.15) is 0 Å². The van der Waals surface area contributed by atoms with Crippen molar-refractivity contribution >= 4 is 0 Å². The second-order valence-corrected chi connectivity index (χ2v) is 9.17. The van der Waals surface area contributed by atoms with E-state index in [4.69, 9.17) is 4.74 Å². The molecule has 1 unspecified atom stereocenters. The molecule has 4 rings (SSSR count). The van der Waals surface area contributed by atoms with Crippen molar-refractivity contribution in [3.05, 3.63) is 65.7 Å². The lowest BCUT2D eigenvalue weighted by Gasteiger charge is -2.37. The molecule has 1 heterocycles. The quantitative estimate of drug-likeness (QED) is 0.570. The van der Waals surface area contributed by atoms with Crippen LogP contribution < -0.4 is 4.74 Å². The fraction of sp³-hybridized carbons (Fsp3) is 0.556. The minimum atomic E-state index is 0.669. The summed E-state index contributed by atoms with van der Waals surface area (Å²) in [6.07, 6.45) is 8.30. The van der Waals surface area contributed by atoms with Crippen LogP contribution in [0.25, 0.3) is 0 Å². The molecule has 2 fully saturated rings. The van der Waals surface area contributed by atoms with Crippen molar-refractivity contribution < 1.29 is 4.74 Å². The van der Waals surface area contributed by atoms with Gasteiger partial charge in [0.25, 0.3) is 0 Å². The first-order valence-corrected chi connectivity index (χ1v) is 11.9. The predicted octanol–water partition coefficient (Wildman–Crippen LogP) is 5.57. The number of methoxy groups -OCH3 is 1. The Bertz CT molecular complexity index is 748. The lowest BCUT2D eigenvalue weighted by Crippen LogP contribution is -2.46. The van der Waals surface area contributed by atoms with E-state index < -0.39 is 0 Å². The van der Waals surface area contributed by atoms with Crippen LogP contribution in [0.5, 0.6) is 5.75 Å². The minimum absolute atomic E-state index is 0.669. The van der Waals surface area contributed by atoms with Crippen molar-refractivity contribution in [3.8, 4) is 5.75 Å². The van der Waals surface area contributed by atoms with Crippen molar-refractivity contribution in [1.29, 1.82) is 0 Å². The van der Waals surface area contributed by atoms with Crippen LogP contribution >= 0.6 is 0 Å². The van der Waals surface area contributed by atoms with Gasteiger partial charge in [-0.25, -0.2) is 0 Å². The average Bonchev–Trinajstić information content (AvgIpc) is 2.82. The Morgan fingerprint density at radius 2 is 1.60 bits per heavy atom. The Hall–Kier alpha value is -1.84. The number of hydrogen-bond donors (Lipinski definition) is 0. The fourth-order valence-electron chi connectivity index (χ4n) is 5.42. The molecule has 2 aliphatic rings. The lowest BCUT2D eigenvalue weighted by molar-refractivity contribution is 0.120. The van der Waals surface area contributed by atoms with Crippen LogP contribution in [0.4, 0.5) is 0 Å². The summed E-state index contributed by atoms with van der Waals surface area (Å²) in [4.78, 5) is 5.30. The second kappa shape index (κ2) is 11.0. The van der Waals surface area contributed by atoms with Gasteiger partial charge in [0.1, 0.15) is 5.75 Å². The van der Waals surface area contributed by atoms with Crippen LogP contribution in [0.1, 0.15) is 55.6 Å². The molecule has 0 amide bonds. The van der Waals surface area contributed by atoms with Gasteiger partial charge in [-0.1, -0.05) is 61.7 Å². The molecule has 0 radical (unpaired) electrons. The molecule has 162 valence electrons. The highest BCUT2D eigenvalue weighted by Gasteiger charge is 2.26. The fourth-order valence-corrected chi connectivity index (χ4v) is 5.42. The molecule has 1 saturated carbocycles. The average molecular weight is 407 g/mol. The van der Waals surface area contributed by atoms with Gasteiger partial charge in [0.15, 0.2) is 0 Å². The molecule has 1 atom stereocenters. The topological polar surface area (TPSA) is 15.7 Å². The van der Waals surface area contributed by atoms with Crippen LogP contribution in [0, 0.1) is 5.92 Å². The molecule has 0 bridgehead atoms. The number of nitrogens with zero attached hydrogens (tertiary/aromatic N) is 2. The summed E-state index contributed by atoms with van der Waals surface area (Å²) in [7, 11) is 1.78.